The molecule has 0 unspecified atom stereocenters. The summed E-state index contributed by atoms with van der Waals surface area (Å²) in [5.74, 6) is 1.36. The Kier molecular flexibility index (Phi) is 7.82. The molecule has 1 amide bonds. The smallest absolute Gasteiger partial charge is 0.220 e. The van der Waals surface area contributed by atoms with E-state index in [0.29, 0.717) is 24.8 Å². The highest BCUT2D eigenvalue weighted by Gasteiger charge is 2.25. The third-order valence-corrected chi connectivity index (χ3v) is 3.96. The van der Waals surface area contributed by atoms with Crippen LogP contribution in [-0.4, -0.2) is 18.3 Å². The van der Waals surface area contributed by atoms with Crippen molar-refractivity contribution in [3.63, 3.8) is 0 Å². The van der Waals surface area contributed by atoms with Crippen molar-refractivity contribution in [1.82, 2.24) is 5.32 Å². The van der Waals surface area contributed by atoms with Gasteiger partial charge in [0.05, 0.1) is 0 Å². The van der Waals surface area contributed by atoms with E-state index in [0.717, 1.165) is 19.3 Å². The van der Waals surface area contributed by atoms with Crippen LogP contribution in [0.2, 0.25) is 0 Å². The fourth-order valence-corrected chi connectivity index (χ4v) is 2.00. The molecule has 0 heterocycles. The number of alkyl halides is 1. The molecule has 0 spiro atoms. The lowest BCUT2D eigenvalue weighted by Crippen LogP contribution is -2.38. The molecule has 0 radical (unpaired) electrons. The predicted molar refractivity (Wildman–Crippen MR) is 70.8 cm³/mol. The number of hydrogen-bond donors (Lipinski definition) is 1. The first-order valence-corrected chi connectivity index (χ1v) is 6.85. The molecular formula is C13H26ClNO. The van der Waals surface area contributed by atoms with E-state index in [1.807, 2.05) is 0 Å². The van der Waals surface area contributed by atoms with Crippen molar-refractivity contribution in [2.75, 3.05) is 12.4 Å². The van der Waals surface area contributed by atoms with Crippen molar-refractivity contribution >= 4 is 17.5 Å². The number of rotatable bonds is 8. The maximum absolute atomic E-state index is 11.6. The van der Waals surface area contributed by atoms with E-state index in [9.17, 15) is 4.79 Å². The largest absolute Gasteiger partial charge is 0.356 e. The molecule has 96 valence electrons. The fourth-order valence-electron chi connectivity index (χ4n) is 1.53. The molecular weight excluding hydrogens is 222 g/mol. The molecule has 0 atom stereocenters. The number of hydrogen-bond acceptors (Lipinski definition) is 1. The Hall–Kier alpha value is -0.240. The average Bonchev–Trinajstić information content (AvgIpc) is 2.29. The van der Waals surface area contributed by atoms with Crippen LogP contribution in [0, 0.1) is 11.3 Å². The summed E-state index contributed by atoms with van der Waals surface area (Å²) >= 11 is 5.98. The number of amides is 1. The minimum absolute atomic E-state index is 0.0784. The third kappa shape index (κ3) is 5.74. The molecule has 2 nitrogen and oxygen atoms in total. The fraction of sp³-hybridized carbons (Fsp3) is 0.923. The maximum atomic E-state index is 11.6. The van der Waals surface area contributed by atoms with E-state index >= 15 is 0 Å². The molecule has 0 aliphatic heterocycles. The summed E-state index contributed by atoms with van der Waals surface area (Å²) in [5.41, 5.74) is 0.0784. The summed E-state index contributed by atoms with van der Waals surface area (Å²) in [6.45, 7) is 9.24. The van der Waals surface area contributed by atoms with Crippen molar-refractivity contribution in [1.29, 1.82) is 0 Å². The highest BCUT2D eigenvalue weighted by molar-refractivity contribution is 6.18. The van der Waals surface area contributed by atoms with Gasteiger partial charge in [-0.3, -0.25) is 4.79 Å². The van der Waals surface area contributed by atoms with Crippen molar-refractivity contribution in [3.05, 3.63) is 0 Å². The van der Waals surface area contributed by atoms with Crippen molar-refractivity contribution in [2.45, 2.75) is 53.4 Å². The van der Waals surface area contributed by atoms with Gasteiger partial charge in [-0.1, -0.05) is 27.7 Å². The van der Waals surface area contributed by atoms with Crippen LogP contribution in [0.5, 0.6) is 0 Å². The van der Waals surface area contributed by atoms with Gasteiger partial charge in [0, 0.05) is 24.3 Å². The molecule has 16 heavy (non-hydrogen) atoms. The van der Waals surface area contributed by atoms with E-state index in [1.54, 1.807) is 0 Å². The standard InChI is InChI=1S/C13H26ClNO/c1-5-13(6-2,9-14)10-15-12(16)8-7-11(3)4/h11H,5-10H2,1-4H3,(H,15,16). The minimum atomic E-state index is 0.0784. The van der Waals surface area contributed by atoms with Gasteiger partial charge in [-0.2, -0.15) is 0 Å². The summed E-state index contributed by atoms with van der Waals surface area (Å²) in [5, 5.41) is 3.01. The van der Waals surface area contributed by atoms with Gasteiger partial charge >= 0.3 is 0 Å². The lowest BCUT2D eigenvalue weighted by atomic mass is 9.84. The zero-order chi connectivity index (χ0) is 12.6. The quantitative estimate of drug-likeness (QED) is 0.653. The number of carbonyl (C=O) groups is 1. The first kappa shape index (κ1) is 15.8. The monoisotopic (exact) mass is 247 g/mol. The maximum Gasteiger partial charge on any atom is 0.220 e. The first-order valence-electron chi connectivity index (χ1n) is 6.32. The van der Waals surface area contributed by atoms with Crippen LogP contribution in [0.4, 0.5) is 0 Å². The molecule has 0 bridgehead atoms. The first-order chi connectivity index (χ1) is 7.49. The topological polar surface area (TPSA) is 29.1 Å². The molecule has 0 aromatic heterocycles. The molecule has 0 aromatic carbocycles. The SMILES string of the molecule is CCC(CC)(CCl)CNC(=O)CCC(C)C. The molecule has 0 aliphatic rings. The zero-order valence-electron chi connectivity index (χ0n) is 11.1. The molecule has 0 fully saturated rings. The van der Waals surface area contributed by atoms with Gasteiger partial charge in [0.25, 0.3) is 0 Å². The summed E-state index contributed by atoms with van der Waals surface area (Å²) in [6, 6.07) is 0. The second-order valence-electron chi connectivity index (χ2n) is 5.05. The molecule has 0 aliphatic carbocycles. The number of nitrogens with one attached hydrogen (secondary N) is 1. The van der Waals surface area contributed by atoms with Gasteiger partial charge < -0.3 is 5.32 Å². The highest BCUT2D eigenvalue weighted by atomic mass is 35.5. The Bertz CT molecular complexity index is 192. The normalized spacial score (nSPS) is 11.9. The van der Waals surface area contributed by atoms with Gasteiger partial charge in [0.2, 0.25) is 5.91 Å². The average molecular weight is 248 g/mol. The molecule has 1 N–H and O–H groups in total. The Labute approximate surface area is 105 Å². The van der Waals surface area contributed by atoms with Gasteiger partial charge in [-0.15, -0.1) is 11.6 Å². The summed E-state index contributed by atoms with van der Waals surface area (Å²) in [6.07, 6.45) is 3.61. The highest BCUT2D eigenvalue weighted by Crippen LogP contribution is 2.26. The van der Waals surface area contributed by atoms with Crippen molar-refractivity contribution in [3.8, 4) is 0 Å². The predicted octanol–water partition coefficient (Wildman–Crippen LogP) is 3.58. The Morgan fingerprint density at radius 3 is 2.25 bits per heavy atom. The van der Waals surface area contributed by atoms with Crippen LogP contribution in [0.3, 0.4) is 0 Å². The zero-order valence-corrected chi connectivity index (χ0v) is 11.9. The lowest BCUT2D eigenvalue weighted by Gasteiger charge is -2.29. The van der Waals surface area contributed by atoms with E-state index in [2.05, 4.69) is 33.0 Å². The van der Waals surface area contributed by atoms with Gasteiger partial charge in [0.15, 0.2) is 0 Å². The molecule has 3 heteroatoms. The number of halogens is 1. The van der Waals surface area contributed by atoms with Gasteiger partial charge in [0.1, 0.15) is 0 Å². The van der Waals surface area contributed by atoms with Crippen LogP contribution in [0.15, 0.2) is 0 Å². The molecule has 0 rings (SSSR count). The van der Waals surface area contributed by atoms with Crippen LogP contribution in [-0.2, 0) is 4.79 Å². The molecule has 0 saturated carbocycles. The second kappa shape index (κ2) is 7.94. The van der Waals surface area contributed by atoms with Gasteiger partial charge in [-0.25, -0.2) is 0 Å². The van der Waals surface area contributed by atoms with E-state index < -0.39 is 0 Å². The Morgan fingerprint density at radius 1 is 1.31 bits per heavy atom. The Balaban J connectivity index is 3.97. The van der Waals surface area contributed by atoms with Crippen LogP contribution in [0.25, 0.3) is 0 Å². The molecule has 0 aromatic rings. The van der Waals surface area contributed by atoms with Crippen LogP contribution >= 0.6 is 11.6 Å². The van der Waals surface area contributed by atoms with E-state index in [4.69, 9.17) is 11.6 Å². The summed E-state index contributed by atoms with van der Waals surface area (Å²) < 4.78 is 0. The van der Waals surface area contributed by atoms with Crippen LogP contribution in [0.1, 0.15) is 53.4 Å². The van der Waals surface area contributed by atoms with E-state index in [-0.39, 0.29) is 11.3 Å². The van der Waals surface area contributed by atoms with Crippen LogP contribution < -0.4 is 5.32 Å². The summed E-state index contributed by atoms with van der Waals surface area (Å²) in [7, 11) is 0. The lowest BCUT2D eigenvalue weighted by molar-refractivity contribution is -0.121. The second-order valence-corrected chi connectivity index (χ2v) is 5.32. The number of carbonyl (C=O) groups excluding carboxylic acids is 1. The van der Waals surface area contributed by atoms with Crippen molar-refractivity contribution in [2.24, 2.45) is 11.3 Å². The summed E-state index contributed by atoms with van der Waals surface area (Å²) in [4.78, 5) is 11.6. The third-order valence-electron chi connectivity index (χ3n) is 3.39. The minimum Gasteiger partial charge on any atom is -0.356 e. The van der Waals surface area contributed by atoms with E-state index in [1.165, 1.54) is 0 Å². The van der Waals surface area contributed by atoms with Crippen molar-refractivity contribution < 1.29 is 4.79 Å². The molecule has 0 saturated heterocycles. The van der Waals surface area contributed by atoms with Gasteiger partial charge in [-0.05, 0) is 25.2 Å². The Morgan fingerprint density at radius 2 is 1.88 bits per heavy atom.